The monoisotopic (exact) mass is 337 g/mol. The third kappa shape index (κ3) is 10.8. The number of likely N-dealkylation sites (tertiary alicyclic amines) is 1. The Morgan fingerprint density at radius 2 is 1.46 bits per heavy atom. The first-order valence-electron chi connectivity index (χ1n) is 9.17. The number of carbonyl (C=O) groups excluding carboxylic acids is 1. The van der Waals surface area contributed by atoms with Gasteiger partial charge in [0.15, 0.2) is 7.98 Å². The van der Waals surface area contributed by atoms with Crippen LogP contribution in [0.1, 0.15) is 40.0 Å². The second-order valence-corrected chi connectivity index (χ2v) is 6.39. The number of hydrogen-bond acceptors (Lipinski definition) is 5. The molecule has 0 aromatic rings. The Morgan fingerprint density at radius 1 is 1.08 bits per heavy atom. The molecule has 0 bridgehead atoms. The Labute approximate surface area is 149 Å². The van der Waals surface area contributed by atoms with Gasteiger partial charge >= 0.3 is 0 Å². The van der Waals surface area contributed by atoms with Crippen molar-refractivity contribution in [2.45, 2.75) is 40.0 Å². The summed E-state index contributed by atoms with van der Waals surface area (Å²) in [6.07, 6.45) is 4.35. The molecule has 2 saturated heterocycles. The van der Waals surface area contributed by atoms with E-state index in [9.17, 15) is 4.79 Å². The molecule has 1 amide bonds. The summed E-state index contributed by atoms with van der Waals surface area (Å²) in [5.74, 6) is -0.0317. The van der Waals surface area contributed by atoms with Crippen molar-refractivity contribution in [2.24, 2.45) is 11.7 Å². The van der Waals surface area contributed by atoms with Crippen molar-refractivity contribution in [1.29, 1.82) is 5.41 Å². The maximum atomic E-state index is 11.1. The molecular formula is C17H36BN5O. The molecule has 24 heavy (non-hydrogen) atoms. The first kappa shape index (κ1) is 23.1. The maximum Gasteiger partial charge on any atom is 0.220 e. The van der Waals surface area contributed by atoms with Crippen molar-refractivity contribution in [1.82, 2.24) is 14.6 Å². The van der Waals surface area contributed by atoms with E-state index in [0.29, 0.717) is 0 Å². The molecule has 3 N–H and O–H groups in total. The van der Waals surface area contributed by atoms with Crippen LogP contribution in [0.2, 0.25) is 0 Å². The van der Waals surface area contributed by atoms with Gasteiger partial charge in [-0.05, 0) is 52.2 Å². The van der Waals surface area contributed by atoms with E-state index in [1.807, 2.05) is 4.81 Å². The maximum absolute atomic E-state index is 11.1. The van der Waals surface area contributed by atoms with Crippen molar-refractivity contribution in [3.63, 3.8) is 0 Å². The van der Waals surface area contributed by atoms with Crippen LogP contribution in [0.5, 0.6) is 0 Å². The SMILES string of the molecule is CC=N.CCC.[B]N1CCN(CCN2CCC(C(N)=O)CC2)CC1. The molecule has 2 aliphatic heterocycles. The number of hydrogen-bond donors (Lipinski definition) is 2. The molecule has 0 aliphatic carbocycles. The van der Waals surface area contributed by atoms with E-state index in [0.717, 1.165) is 65.2 Å². The second-order valence-electron chi connectivity index (χ2n) is 6.39. The van der Waals surface area contributed by atoms with Crippen molar-refractivity contribution in [3.05, 3.63) is 0 Å². The minimum Gasteiger partial charge on any atom is -0.369 e. The minimum atomic E-state index is -0.131. The van der Waals surface area contributed by atoms with E-state index >= 15 is 0 Å². The normalized spacial score (nSPS) is 20.3. The van der Waals surface area contributed by atoms with Gasteiger partial charge in [0.25, 0.3) is 0 Å². The largest absolute Gasteiger partial charge is 0.369 e. The molecule has 7 heteroatoms. The standard InChI is InChI=1S/C12H23BN4O.C3H8.C2H5N/c13-17-9-7-16(8-10-17)6-5-15-3-1-11(2-4-15)12(14)18;1-3-2;1-2-3/h11H,1-10H2,(H2,14,18);3H2,1-2H3;2-3H,1H3. The van der Waals surface area contributed by atoms with Crippen LogP contribution in [0.4, 0.5) is 0 Å². The number of piperidine rings is 1. The summed E-state index contributed by atoms with van der Waals surface area (Å²) >= 11 is 0. The number of rotatable bonds is 4. The molecular weight excluding hydrogens is 301 g/mol. The lowest BCUT2D eigenvalue weighted by atomic mass is 9.96. The van der Waals surface area contributed by atoms with Crippen molar-refractivity contribution in [2.75, 3.05) is 52.4 Å². The third-order valence-electron chi connectivity index (χ3n) is 4.13. The predicted octanol–water partition coefficient (Wildman–Crippen LogP) is 0.957. The number of carbonyl (C=O) groups is 1. The zero-order chi connectivity index (χ0) is 18.4. The molecule has 2 fully saturated rings. The van der Waals surface area contributed by atoms with Crippen LogP contribution in [0.3, 0.4) is 0 Å². The highest BCUT2D eigenvalue weighted by Crippen LogP contribution is 2.16. The third-order valence-corrected chi connectivity index (χ3v) is 4.13. The smallest absolute Gasteiger partial charge is 0.220 e. The van der Waals surface area contributed by atoms with Crippen LogP contribution in [-0.4, -0.2) is 87.1 Å². The number of nitrogens with one attached hydrogen (secondary N) is 1. The Hall–Kier alpha value is -0.915. The first-order chi connectivity index (χ1) is 11.5. The Kier molecular flexibility index (Phi) is 13.9. The van der Waals surface area contributed by atoms with Crippen LogP contribution in [0.15, 0.2) is 0 Å². The summed E-state index contributed by atoms with van der Waals surface area (Å²) in [4.78, 5) is 17.9. The topological polar surface area (TPSA) is 76.7 Å². The molecule has 2 aliphatic rings. The summed E-state index contributed by atoms with van der Waals surface area (Å²) in [6, 6.07) is 0. The van der Waals surface area contributed by atoms with Gasteiger partial charge in [-0.25, -0.2) is 0 Å². The van der Waals surface area contributed by atoms with E-state index in [1.54, 1.807) is 6.92 Å². The van der Waals surface area contributed by atoms with Crippen molar-refractivity contribution in [3.8, 4) is 0 Å². The van der Waals surface area contributed by atoms with Crippen LogP contribution in [0, 0.1) is 11.3 Å². The van der Waals surface area contributed by atoms with Crippen LogP contribution >= 0.6 is 0 Å². The van der Waals surface area contributed by atoms with E-state index in [4.69, 9.17) is 19.1 Å². The summed E-state index contributed by atoms with van der Waals surface area (Å²) < 4.78 is 0. The Bertz CT molecular complexity index is 327. The Balaban J connectivity index is 0.000000772. The highest BCUT2D eigenvalue weighted by molar-refractivity contribution is 6.04. The highest BCUT2D eigenvalue weighted by atomic mass is 16.1. The van der Waals surface area contributed by atoms with Gasteiger partial charge in [-0.3, -0.25) is 9.69 Å². The number of amides is 1. The average molecular weight is 337 g/mol. The van der Waals surface area contributed by atoms with E-state index in [-0.39, 0.29) is 11.8 Å². The molecule has 6 nitrogen and oxygen atoms in total. The zero-order valence-corrected chi connectivity index (χ0v) is 15.8. The molecule has 0 spiro atoms. The average Bonchev–Trinajstić information content (AvgIpc) is 2.56. The fraction of sp³-hybridized carbons (Fsp3) is 0.882. The van der Waals surface area contributed by atoms with Crippen molar-refractivity contribution < 1.29 is 4.79 Å². The number of piperazine rings is 1. The van der Waals surface area contributed by atoms with Gasteiger partial charge in [0.05, 0.1) is 0 Å². The fourth-order valence-electron chi connectivity index (χ4n) is 2.71. The number of nitrogens with two attached hydrogens (primary N) is 1. The predicted molar refractivity (Wildman–Crippen MR) is 103 cm³/mol. The molecule has 2 heterocycles. The second kappa shape index (κ2) is 14.4. The number of primary amides is 1. The summed E-state index contributed by atoms with van der Waals surface area (Å²) in [6.45, 7) is 14.2. The van der Waals surface area contributed by atoms with Crippen LogP contribution < -0.4 is 5.73 Å². The summed E-state index contributed by atoms with van der Waals surface area (Å²) in [5, 5.41) is 6.08. The van der Waals surface area contributed by atoms with Gasteiger partial charge in [0.1, 0.15) is 0 Å². The molecule has 138 valence electrons. The van der Waals surface area contributed by atoms with Crippen LogP contribution in [0.25, 0.3) is 0 Å². The fourth-order valence-corrected chi connectivity index (χ4v) is 2.71. The number of nitrogens with zero attached hydrogens (tertiary/aromatic N) is 3. The van der Waals surface area contributed by atoms with Crippen LogP contribution in [-0.2, 0) is 4.79 Å². The van der Waals surface area contributed by atoms with Crippen molar-refractivity contribution >= 4 is 20.1 Å². The van der Waals surface area contributed by atoms with Gasteiger partial charge in [-0.2, -0.15) is 0 Å². The lowest BCUT2D eigenvalue weighted by molar-refractivity contribution is -0.123. The minimum absolute atomic E-state index is 0.0991. The van der Waals surface area contributed by atoms with Gasteiger partial charge in [-0.15, -0.1) is 0 Å². The molecule has 0 aromatic carbocycles. The van der Waals surface area contributed by atoms with Gasteiger partial charge in [-0.1, -0.05) is 20.3 Å². The quantitative estimate of drug-likeness (QED) is 0.592. The lowest BCUT2D eigenvalue weighted by Crippen LogP contribution is -2.48. The van der Waals surface area contributed by atoms with Gasteiger partial charge in [0, 0.05) is 32.1 Å². The lowest BCUT2D eigenvalue weighted by Gasteiger charge is -2.36. The molecule has 2 rings (SSSR count). The molecule has 0 atom stereocenters. The van der Waals surface area contributed by atoms with E-state index in [1.165, 1.54) is 12.6 Å². The van der Waals surface area contributed by atoms with E-state index < -0.39 is 0 Å². The summed E-state index contributed by atoms with van der Waals surface area (Å²) in [5.41, 5.74) is 5.33. The zero-order valence-electron chi connectivity index (χ0n) is 15.8. The summed E-state index contributed by atoms with van der Waals surface area (Å²) in [7, 11) is 5.73. The van der Waals surface area contributed by atoms with Gasteiger partial charge < -0.3 is 20.9 Å². The highest BCUT2D eigenvalue weighted by Gasteiger charge is 2.23. The Morgan fingerprint density at radius 3 is 1.83 bits per heavy atom. The molecule has 0 unspecified atom stereocenters. The first-order valence-corrected chi connectivity index (χ1v) is 9.17. The molecule has 2 radical (unpaired) electrons. The molecule has 0 aromatic heterocycles. The van der Waals surface area contributed by atoms with E-state index in [2.05, 4.69) is 23.6 Å². The van der Waals surface area contributed by atoms with Gasteiger partial charge in [0.2, 0.25) is 5.91 Å². The molecule has 0 saturated carbocycles.